The number of aryl methyl sites for hydroxylation is 1. The van der Waals surface area contributed by atoms with Crippen LogP contribution in [0.25, 0.3) is 22.4 Å². The third-order valence-electron chi connectivity index (χ3n) is 5.64. The van der Waals surface area contributed by atoms with Crippen molar-refractivity contribution in [1.82, 2.24) is 25.3 Å². The van der Waals surface area contributed by atoms with E-state index >= 15 is 0 Å². The lowest BCUT2D eigenvalue weighted by atomic mass is 10.0. The van der Waals surface area contributed by atoms with Gasteiger partial charge in [0.1, 0.15) is 5.82 Å². The number of pyridine rings is 1. The van der Waals surface area contributed by atoms with E-state index in [1.165, 1.54) is 12.1 Å². The monoisotopic (exact) mass is 455 g/mol. The molecule has 3 heterocycles. The Balaban J connectivity index is 1.50. The van der Waals surface area contributed by atoms with Crippen LogP contribution in [0.3, 0.4) is 0 Å². The number of hydrogen-bond donors (Lipinski definition) is 1. The first kappa shape index (κ1) is 22.8. The second-order valence-corrected chi connectivity index (χ2v) is 7.92. The molecule has 33 heavy (non-hydrogen) atoms. The number of aromatic nitrogens is 2. The van der Waals surface area contributed by atoms with Gasteiger partial charge in [-0.3, -0.25) is 14.5 Å². The maximum atomic E-state index is 13.5. The highest BCUT2D eigenvalue weighted by molar-refractivity contribution is 6.07. The standard InChI is InChI=1S/C23H26FN5O4/c1-15-21-18(13-19(26-22(21)33-27-15)16-3-5-17(24)6-4-16)23(31)29-10-8-28(9-11-29)14-20(30)25-7-12-32-2/h3-6,13H,7-12,14H2,1-2H3,(H,25,30). The number of rotatable bonds is 7. The van der Waals surface area contributed by atoms with Gasteiger partial charge in [0, 0.05) is 45.4 Å². The van der Waals surface area contributed by atoms with Gasteiger partial charge in [-0.1, -0.05) is 5.16 Å². The summed E-state index contributed by atoms with van der Waals surface area (Å²) >= 11 is 0. The molecule has 0 atom stereocenters. The van der Waals surface area contributed by atoms with Gasteiger partial charge in [0.2, 0.25) is 5.91 Å². The average molecular weight is 455 g/mol. The average Bonchev–Trinajstić information content (AvgIpc) is 3.20. The van der Waals surface area contributed by atoms with E-state index in [9.17, 15) is 14.0 Å². The maximum Gasteiger partial charge on any atom is 0.259 e. The molecule has 0 aliphatic carbocycles. The van der Waals surface area contributed by atoms with Crippen molar-refractivity contribution in [2.45, 2.75) is 6.92 Å². The van der Waals surface area contributed by atoms with Gasteiger partial charge < -0.3 is 19.5 Å². The van der Waals surface area contributed by atoms with E-state index in [4.69, 9.17) is 9.26 Å². The Morgan fingerprint density at radius 1 is 1.18 bits per heavy atom. The number of hydrogen-bond acceptors (Lipinski definition) is 7. The fourth-order valence-corrected chi connectivity index (χ4v) is 3.86. The second kappa shape index (κ2) is 10.1. The molecule has 9 nitrogen and oxygen atoms in total. The van der Waals surface area contributed by atoms with Crippen molar-refractivity contribution in [2.75, 3.05) is 53.0 Å². The van der Waals surface area contributed by atoms with Crippen LogP contribution >= 0.6 is 0 Å². The molecular weight excluding hydrogens is 429 g/mol. The predicted molar refractivity (Wildman–Crippen MR) is 119 cm³/mol. The van der Waals surface area contributed by atoms with Crippen molar-refractivity contribution < 1.29 is 23.2 Å². The van der Waals surface area contributed by atoms with Gasteiger partial charge in [-0.2, -0.15) is 0 Å². The lowest BCUT2D eigenvalue weighted by Crippen LogP contribution is -2.51. The molecule has 3 aromatic rings. The number of halogens is 1. The summed E-state index contributed by atoms with van der Waals surface area (Å²) in [6.45, 7) is 5.15. The van der Waals surface area contributed by atoms with Crippen molar-refractivity contribution in [3.05, 3.63) is 47.4 Å². The molecule has 2 aromatic heterocycles. The third-order valence-corrected chi connectivity index (χ3v) is 5.64. The number of amides is 2. The molecule has 10 heteroatoms. The highest BCUT2D eigenvalue weighted by Crippen LogP contribution is 2.28. The molecule has 0 unspecified atom stereocenters. The Bertz CT molecular complexity index is 1140. The Labute approximate surface area is 190 Å². The molecule has 2 amide bonds. The van der Waals surface area contributed by atoms with E-state index in [1.807, 2.05) is 4.90 Å². The van der Waals surface area contributed by atoms with Crippen LogP contribution in [0.15, 0.2) is 34.9 Å². The normalized spacial score (nSPS) is 14.6. The largest absolute Gasteiger partial charge is 0.383 e. The lowest BCUT2D eigenvalue weighted by molar-refractivity contribution is -0.122. The van der Waals surface area contributed by atoms with Gasteiger partial charge in [0.25, 0.3) is 11.6 Å². The number of nitrogens with zero attached hydrogens (tertiary/aromatic N) is 4. The first-order valence-electron chi connectivity index (χ1n) is 10.8. The highest BCUT2D eigenvalue weighted by atomic mass is 19.1. The van der Waals surface area contributed by atoms with Crippen molar-refractivity contribution in [2.24, 2.45) is 0 Å². The molecule has 1 saturated heterocycles. The van der Waals surface area contributed by atoms with Gasteiger partial charge >= 0.3 is 0 Å². The number of methoxy groups -OCH3 is 1. The number of ether oxygens (including phenoxy) is 1. The Morgan fingerprint density at radius 3 is 2.61 bits per heavy atom. The second-order valence-electron chi connectivity index (χ2n) is 7.92. The summed E-state index contributed by atoms with van der Waals surface area (Å²) in [6.07, 6.45) is 0. The van der Waals surface area contributed by atoms with Crippen molar-refractivity contribution in [1.29, 1.82) is 0 Å². The van der Waals surface area contributed by atoms with Gasteiger partial charge in [0.15, 0.2) is 0 Å². The molecule has 1 fully saturated rings. The van der Waals surface area contributed by atoms with Crippen molar-refractivity contribution >= 4 is 22.9 Å². The fourth-order valence-electron chi connectivity index (χ4n) is 3.86. The minimum absolute atomic E-state index is 0.0632. The van der Waals surface area contributed by atoms with E-state index in [-0.39, 0.29) is 29.9 Å². The summed E-state index contributed by atoms with van der Waals surface area (Å²) in [5, 5.41) is 7.36. The summed E-state index contributed by atoms with van der Waals surface area (Å²) in [4.78, 5) is 33.7. The molecule has 174 valence electrons. The number of carbonyl (C=O) groups excluding carboxylic acids is 2. The minimum atomic E-state index is -0.350. The smallest absolute Gasteiger partial charge is 0.259 e. The summed E-state index contributed by atoms with van der Waals surface area (Å²) in [5.41, 5.74) is 2.48. The predicted octanol–water partition coefficient (Wildman–Crippen LogP) is 1.86. The van der Waals surface area contributed by atoms with E-state index in [1.54, 1.807) is 37.1 Å². The van der Waals surface area contributed by atoms with Crippen LogP contribution in [0.4, 0.5) is 4.39 Å². The fraction of sp³-hybridized carbons (Fsp3) is 0.391. The van der Waals surface area contributed by atoms with Crippen LogP contribution in [0.1, 0.15) is 16.1 Å². The molecule has 0 spiro atoms. The number of fused-ring (bicyclic) bond motifs is 1. The Kier molecular flexibility index (Phi) is 6.95. The maximum absolute atomic E-state index is 13.5. The topological polar surface area (TPSA) is 101 Å². The third kappa shape index (κ3) is 5.18. The SMILES string of the molecule is COCCNC(=O)CN1CCN(C(=O)c2cc(-c3ccc(F)cc3)nc3onc(C)c23)CC1. The van der Waals surface area contributed by atoms with Gasteiger partial charge in [-0.15, -0.1) is 0 Å². The molecule has 0 radical (unpaired) electrons. The number of nitrogens with one attached hydrogen (secondary N) is 1. The van der Waals surface area contributed by atoms with Gasteiger partial charge in [0.05, 0.1) is 35.5 Å². The van der Waals surface area contributed by atoms with Gasteiger partial charge in [-0.25, -0.2) is 9.37 Å². The molecule has 4 rings (SSSR count). The first-order valence-corrected chi connectivity index (χ1v) is 10.8. The zero-order valence-corrected chi connectivity index (χ0v) is 18.6. The highest BCUT2D eigenvalue weighted by Gasteiger charge is 2.27. The van der Waals surface area contributed by atoms with Crippen LogP contribution in [0.2, 0.25) is 0 Å². The molecule has 1 N–H and O–H groups in total. The van der Waals surface area contributed by atoms with Crippen molar-refractivity contribution in [3.63, 3.8) is 0 Å². The van der Waals surface area contributed by atoms with E-state index in [2.05, 4.69) is 15.5 Å². The van der Waals surface area contributed by atoms with E-state index in [0.717, 1.165) is 0 Å². The number of benzene rings is 1. The lowest BCUT2D eigenvalue weighted by Gasteiger charge is -2.34. The summed E-state index contributed by atoms with van der Waals surface area (Å²) in [7, 11) is 1.59. The summed E-state index contributed by atoms with van der Waals surface area (Å²) in [6, 6.07) is 7.62. The van der Waals surface area contributed by atoms with Crippen molar-refractivity contribution in [3.8, 4) is 11.3 Å². The van der Waals surface area contributed by atoms with E-state index < -0.39 is 0 Å². The molecule has 0 bridgehead atoms. The zero-order chi connectivity index (χ0) is 23.4. The van der Waals surface area contributed by atoms with E-state index in [0.29, 0.717) is 67.2 Å². The van der Waals surface area contributed by atoms with Crippen LogP contribution in [0.5, 0.6) is 0 Å². The van der Waals surface area contributed by atoms with Crippen LogP contribution < -0.4 is 5.32 Å². The zero-order valence-electron chi connectivity index (χ0n) is 18.6. The molecule has 1 aromatic carbocycles. The summed E-state index contributed by atoms with van der Waals surface area (Å²) in [5.74, 6) is -0.565. The quantitative estimate of drug-likeness (QED) is 0.543. The Morgan fingerprint density at radius 2 is 1.91 bits per heavy atom. The number of carbonyl (C=O) groups is 2. The van der Waals surface area contributed by atoms with Crippen LogP contribution in [-0.2, 0) is 9.53 Å². The first-order chi connectivity index (χ1) is 16.0. The van der Waals surface area contributed by atoms with Crippen LogP contribution in [-0.4, -0.2) is 84.7 Å². The van der Waals surface area contributed by atoms with Gasteiger partial charge in [-0.05, 0) is 37.3 Å². The Hall–Kier alpha value is -3.37. The minimum Gasteiger partial charge on any atom is -0.383 e. The molecule has 1 aliphatic heterocycles. The number of piperazine rings is 1. The summed E-state index contributed by atoms with van der Waals surface area (Å²) < 4.78 is 23.6. The molecule has 1 aliphatic rings. The van der Waals surface area contributed by atoms with Crippen LogP contribution in [0, 0.1) is 12.7 Å². The molecular formula is C23H26FN5O4. The molecule has 0 saturated carbocycles.